The fourth-order valence-corrected chi connectivity index (χ4v) is 2.82. The van der Waals surface area contributed by atoms with Gasteiger partial charge in [-0.1, -0.05) is 0 Å². The van der Waals surface area contributed by atoms with Gasteiger partial charge in [-0.2, -0.15) is 0 Å². The van der Waals surface area contributed by atoms with E-state index >= 15 is 0 Å². The smallest absolute Gasteiger partial charge is 0.325 e. The first-order chi connectivity index (χ1) is 11.3. The van der Waals surface area contributed by atoms with E-state index in [4.69, 9.17) is 9.47 Å². The van der Waals surface area contributed by atoms with E-state index in [0.29, 0.717) is 12.2 Å². The Labute approximate surface area is 141 Å². The van der Waals surface area contributed by atoms with Crippen LogP contribution in [0, 0.1) is 11.8 Å². The molecule has 24 heavy (non-hydrogen) atoms. The van der Waals surface area contributed by atoms with Crippen molar-refractivity contribution in [1.82, 2.24) is 0 Å². The van der Waals surface area contributed by atoms with Crippen LogP contribution in [0.25, 0.3) is 0 Å². The topological polar surface area (TPSA) is 69.7 Å². The number of ether oxygens (including phenoxy) is 2. The number of esters is 1. The third kappa shape index (κ3) is 3.50. The zero-order valence-corrected chi connectivity index (χ0v) is 14.3. The van der Waals surface area contributed by atoms with Crippen LogP contribution in [0.15, 0.2) is 18.2 Å². The van der Waals surface area contributed by atoms with Gasteiger partial charge in [-0.3, -0.25) is 14.4 Å². The lowest BCUT2D eigenvalue weighted by molar-refractivity contribution is -0.160. The maximum Gasteiger partial charge on any atom is 0.325 e. The summed E-state index contributed by atoms with van der Waals surface area (Å²) in [6, 6.07) is 5.07. The highest BCUT2D eigenvalue weighted by molar-refractivity contribution is 6.23. The number of ketones is 2. The van der Waals surface area contributed by atoms with Gasteiger partial charge in [-0.15, -0.1) is 0 Å². The van der Waals surface area contributed by atoms with Crippen LogP contribution >= 0.6 is 0 Å². The molecular weight excluding hydrogens is 308 g/mol. The number of carbonyl (C=O) groups excluding carboxylic acids is 3. The largest absolute Gasteiger partial charge is 0.493 e. The van der Waals surface area contributed by atoms with Crippen LogP contribution in [-0.2, 0) is 20.7 Å². The molecule has 2 aliphatic rings. The second-order valence-corrected chi connectivity index (χ2v) is 7.43. The molecule has 3 rings (SSSR count). The summed E-state index contributed by atoms with van der Waals surface area (Å²) in [5.74, 6) is -2.33. The van der Waals surface area contributed by atoms with Crippen LogP contribution < -0.4 is 4.74 Å². The van der Waals surface area contributed by atoms with Gasteiger partial charge in [0.25, 0.3) is 0 Å². The van der Waals surface area contributed by atoms with Crippen LogP contribution in [0.1, 0.15) is 49.5 Å². The summed E-state index contributed by atoms with van der Waals surface area (Å²) in [4.78, 5) is 37.9. The van der Waals surface area contributed by atoms with Crippen molar-refractivity contribution in [3.63, 3.8) is 0 Å². The standard InChI is InChI=1S/C19H22O5/c1-19(2,3)24-18(22)15(16(20)11-4-5-11)17(21)13-6-7-14-12(10-13)8-9-23-14/h6-7,10-11,15H,4-5,8-9H2,1-3H3. The van der Waals surface area contributed by atoms with Crippen LogP contribution in [0.3, 0.4) is 0 Å². The molecule has 0 amide bonds. The van der Waals surface area contributed by atoms with E-state index in [1.807, 2.05) is 0 Å². The minimum absolute atomic E-state index is 0.191. The Bertz CT molecular complexity index is 694. The van der Waals surface area contributed by atoms with Crippen molar-refractivity contribution >= 4 is 17.5 Å². The normalized spacial score (nSPS) is 17.6. The van der Waals surface area contributed by atoms with Crippen molar-refractivity contribution in [2.75, 3.05) is 6.61 Å². The van der Waals surface area contributed by atoms with Crippen molar-refractivity contribution in [2.24, 2.45) is 11.8 Å². The van der Waals surface area contributed by atoms with Crippen LogP contribution in [0.5, 0.6) is 5.75 Å². The van der Waals surface area contributed by atoms with Crippen LogP contribution in [0.4, 0.5) is 0 Å². The number of fused-ring (bicyclic) bond motifs is 1. The number of hydrogen-bond donors (Lipinski definition) is 0. The van der Waals surface area contributed by atoms with E-state index in [0.717, 1.165) is 30.6 Å². The maximum atomic E-state index is 12.9. The fourth-order valence-electron chi connectivity index (χ4n) is 2.82. The van der Waals surface area contributed by atoms with E-state index < -0.39 is 23.3 Å². The molecule has 0 N–H and O–H groups in total. The molecule has 1 aliphatic heterocycles. The molecule has 1 saturated carbocycles. The Morgan fingerprint density at radius 3 is 2.54 bits per heavy atom. The zero-order chi connectivity index (χ0) is 17.5. The number of carbonyl (C=O) groups is 3. The molecular formula is C19H22O5. The first-order valence-electron chi connectivity index (χ1n) is 8.33. The predicted octanol–water partition coefficient (Wildman–Crippen LogP) is 2.74. The first kappa shape index (κ1) is 16.7. The van der Waals surface area contributed by atoms with Gasteiger partial charge in [-0.25, -0.2) is 0 Å². The Kier molecular flexibility index (Phi) is 4.20. The Morgan fingerprint density at radius 1 is 1.21 bits per heavy atom. The highest BCUT2D eigenvalue weighted by Crippen LogP contribution is 2.35. The predicted molar refractivity (Wildman–Crippen MR) is 87.0 cm³/mol. The quantitative estimate of drug-likeness (QED) is 0.472. The molecule has 128 valence electrons. The molecule has 1 aromatic carbocycles. The van der Waals surface area contributed by atoms with Crippen LogP contribution in [-0.4, -0.2) is 29.7 Å². The zero-order valence-electron chi connectivity index (χ0n) is 14.3. The Balaban J connectivity index is 1.88. The van der Waals surface area contributed by atoms with Crippen molar-refractivity contribution in [2.45, 2.75) is 45.6 Å². The summed E-state index contributed by atoms with van der Waals surface area (Å²) in [6.07, 6.45) is 2.21. The highest BCUT2D eigenvalue weighted by atomic mass is 16.6. The molecule has 1 unspecified atom stereocenters. The van der Waals surface area contributed by atoms with Crippen LogP contribution in [0.2, 0.25) is 0 Å². The molecule has 0 saturated heterocycles. The summed E-state index contributed by atoms with van der Waals surface area (Å²) in [6.45, 7) is 5.76. The lowest BCUT2D eigenvalue weighted by atomic mass is 9.90. The van der Waals surface area contributed by atoms with E-state index in [1.165, 1.54) is 0 Å². The summed E-state index contributed by atoms with van der Waals surface area (Å²) in [5, 5.41) is 0. The number of hydrogen-bond acceptors (Lipinski definition) is 5. The van der Waals surface area contributed by atoms with Crippen molar-refractivity contribution in [3.05, 3.63) is 29.3 Å². The molecule has 1 atom stereocenters. The first-order valence-corrected chi connectivity index (χ1v) is 8.33. The number of benzene rings is 1. The van der Waals surface area contributed by atoms with E-state index in [1.54, 1.807) is 39.0 Å². The van der Waals surface area contributed by atoms with Gasteiger partial charge in [0, 0.05) is 17.9 Å². The Morgan fingerprint density at radius 2 is 1.92 bits per heavy atom. The maximum absolute atomic E-state index is 12.9. The van der Waals surface area contributed by atoms with Gasteiger partial charge in [0.05, 0.1) is 6.61 Å². The molecule has 1 aliphatic carbocycles. The lowest BCUT2D eigenvalue weighted by Gasteiger charge is -2.23. The second-order valence-electron chi connectivity index (χ2n) is 7.43. The summed E-state index contributed by atoms with van der Waals surface area (Å²) in [7, 11) is 0. The fraction of sp³-hybridized carbons (Fsp3) is 0.526. The molecule has 1 heterocycles. The molecule has 5 heteroatoms. The van der Waals surface area contributed by atoms with E-state index in [2.05, 4.69) is 0 Å². The molecule has 0 radical (unpaired) electrons. The van der Waals surface area contributed by atoms with Gasteiger partial charge < -0.3 is 9.47 Å². The summed E-state index contributed by atoms with van der Waals surface area (Å²) in [5.41, 5.74) is 0.553. The molecule has 0 bridgehead atoms. The number of rotatable bonds is 5. The van der Waals surface area contributed by atoms with E-state index in [-0.39, 0.29) is 11.7 Å². The summed E-state index contributed by atoms with van der Waals surface area (Å²) < 4.78 is 10.8. The van der Waals surface area contributed by atoms with Gasteiger partial charge >= 0.3 is 5.97 Å². The van der Waals surface area contributed by atoms with Gasteiger partial charge in [-0.05, 0) is 57.4 Å². The summed E-state index contributed by atoms with van der Waals surface area (Å²) >= 11 is 0. The minimum Gasteiger partial charge on any atom is -0.493 e. The van der Waals surface area contributed by atoms with Crippen molar-refractivity contribution < 1.29 is 23.9 Å². The Hall–Kier alpha value is -2.17. The molecule has 1 fully saturated rings. The second kappa shape index (κ2) is 6.04. The number of Topliss-reactive ketones (excluding diaryl/α,β-unsaturated/α-hetero) is 2. The lowest BCUT2D eigenvalue weighted by Crippen LogP contribution is -2.38. The average molecular weight is 330 g/mol. The third-order valence-electron chi connectivity index (χ3n) is 4.14. The highest BCUT2D eigenvalue weighted by Gasteiger charge is 2.44. The van der Waals surface area contributed by atoms with Gasteiger partial charge in [0.1, 0.15) is 11.4 Å². The SMILES string of the molecule is CC(C)(C)OC(=O)C(C(=O)c1ccc2c(c1)CCO2)C(=O)C1CC1. The van der Waals surface area contributed by atoms with E-state index in [9.17, 15) is 14.4 Å². The van der Waals surface area contributed by atoms with Crippen molar-refractivity contribution in [3.8, 4) is 5.75 Å². The monoisotopic (exact) mass is 330 g/mol. The van der Waals surface area contributed by atoms with Crippen molar-refractivity contribution in [1.29, 1.82) is 0 Å². The molecule has 5 nitrogen and oxygen atoms in total. The van der Waals surface area contributed by atoms with Gasteiger partial charge in [0.2, 0.25) is 0 Å². The third-order valence-corrected chi connectivity index (χ3v) is 4.14. The molecule has 1 aromatic rings. The molecule has 0 spiro atoms. The average Bonchev–Trinajstić information content (AvgIpc) is 3.23. The minimum atomic E-state index is -1.36. The van der Waals surface area contributed by atoms with Gasteiger partial charge in [0.15, 0.2) is 17.5 Å². The molecule has 0 aromatic heterocycles.